The van der Waals surface area contributed by atoms with Crippen LogP contribution in [0.1, 0.15) is 30.6 Å². The van der Waals surface area contributed by atoms with Gasteiger partial charge in [-0.2, -0.15) is 0 Å². The highest BCUT2D eigenvalue weighted by Crippen LogP contribution is 2.11. The number of primary amides is 1. The molecular formula is C11H16N2O3S. The van der Waals surface area contributed by atoms with E-state index in [0.29, 0.717) is 6.42 Å². The predicted molar refractivity (Wildman–Crippen MR) is 65.0 cm³/mol. The Balaban J connectivity index is 2.96. The minimum atomic E-state index is -3.52. The van der Waals surface area contributed by atoms with Crippen molar-refractivity contribution in [3.63, 3.8) is 0 Å². The number of sulfonamides is 1. The van der Waals surface area contributed by atoms with E-state index < -0.39 is 15.9 Å². The second-order valence-corrected chi connectivity index (χ2v) is 5.53. The summed E-state index contributed by atoms with van der Waals surface area (Å²) in [5.74, 6) is -0.580. The summed E-state index contributed by atoms with van der Waals surface area (Å²) in [6.07, 6.45) is 0.707. The van der Waals surface area contributed by atoms with Crippen LogP contribution in [0.4, 0.5) is 0 Å². The van der Waals surface area contributed by atoms with Gasteiger partial charge in [0.25, 0.3) is 0 Å². The molecule has 1 aromatic carbocycles. The topological polar surface area (TPSA) is 89.3 Å². The van der Waals surface area contributed by atoms with E-state index in [1.165, 1.54) is 24.3 Å². The predicted octanol–water partition coefficient (Wildman–Crippen LogP) is 0.862. The molecule has 0 aromatic heterocycles. The van der Waals surface area contributed by atoms with Crippen LogP contribution in [0.5, 0.6) is 0 Å². The Kier molecular flexibility index (Phi) is 4.25. The van der Waals surface area contributed by atoms with Gasteiger partial charge in [-0.3, -0.25) is 4.79 Å². The number of benzene rings is 1. The summed E-state index contributed by atoms with van der Waals surface area (Å²) >= 11 is 0. The van der Waals surface area contributed by atoms with Crippen LogP contribution >= 0.6 is 0 Å². The van der Waals surface area contributed by atoms with Crippen molar-refractivity contribution in [2.24, 2.45) is 5.73 Å². The number of nitrogens with one attached hydrogen (secondary N) is 1. The highest BCUT2D eigenvalue weighted by atomic mass is 32.2. The van der Waals surface area contributed by atoms with Crippen molar-refractivity contribution >= 4 is 15.9 Å². The normalized spacial score (nSPS) is 13.3. The molecule has 1 atom stereocenters. The average Bonchev–Trinajstić information content (AvgIpc) is 2.28. The standard InChI is InChI=1S/C11H16N2O3S/c1-3-8(2)13-17(15,16)10-6-4-9(5-7-10)11(12)14/h4-8,13H,3H2,1-2H3,(H2,12,14)/t8-/m1/s1. The summed E-state index contributed by atoms with van der Waals surface area (Å²) in [4.78, 5) is 11.0. The lowest BCUT2D eigenvalue weighted by Gasteiger charge is -2.12. The molecule has 0 unspecified atom stereocenters. The molecule has 0 saturated heterocycles. The molecule has 17 heavy (non-hydrogen) atoms. The average molecular weight is 256 g/mol. The van der Waals surface area contributed by atoms with Crippen molar-refractivity contribution in [3.8, 4) is 0 Å². The monoisotopic (exact) mass is 256 g/mol. The quantitative estimate of drug-likeness (QED) is 0.819. The first-order valence-electron chi connectivity index (χ1n) is 5.29. The number of carbonyl (C=O) groups excluding carboxylic acids is 1. The van der Waals surface area contributed by atoms with Crippen LogP contribution in [0.25, 0.3) is 0 Å². The molecular weight excluding hydrogens is 240 g/mol. The minimum absolute atomic E-state index is 0.128. The summed E-state index contributed by atoms with van der Waals surface area (Å²) in [7, 11) is -3.52. The highest BCUT2D eigenvalue weighted by Gasteiger charge is 2.16. The van der Waals surface area contributed by atoms with Gasteiger partial charge in [-0.05, 0) is 37.6 Å². The molecule has 94 valence electrons. The van der Waals surface area contributed by atoms with Gasteiger partial charge >= 0.3 is 0 Å². The maximum absolute atomic E-state index is 11.9. The van der Waals surface area contributed by atoms with E-state index in [4.69, 9.17) is 5.73 Å². The van der Waals surface area contributed by atoms with Gasteiger partial charge in [-0.25, -0.2) is 13.1 Å². The van der Waals surface area contributed by atoms with E-state index in [-0.39, 0.29) is 16.5 Å². The van der Waals surface area contributed by atoms with E-state index in [1.54, 1.807) is 6.92 Å². The fourth-order valence-electron chi connectivity index (χ4n) is 1.21. The Bertz CT molecular complexity index is 494. The van der Waals surface area contributed by atoms with Crippen LogP contribution < -0.4 is 10.5 Å². The molecule has 0 fully saturated rings. The van der Waals surface area contributed by atoms with E-state index in [2.05, 4.69) is 4.72 Å². The summed E-state index contributed by atoms with van der Waals surface area (Å²) in [5, 5.41) is 0. The van der Waals surface area contributed by atoms with Gasteiger partial charge in [-0.1, -0.05) is 6.92 Å². The highest BCUT2D eigenvalue weighted by molar-refractivity contribution is 7.89. The Morgan fingerprint density at radius 1 is 1.35 bits per heavy atom. The molecule has 0 bridgehead atoms. The molecule has 0 aliphatic heterocycles. The lowest BCUT2D eigenvalue weighted by Crippen LogP contribution is -2.32. The molecule has 6 heteroatoms. The van der Waals surface area contributed by atoms with Crippen LogP contribution in [0.2, 0.25) is 0 Å². The van der Waals surface area contributed by atoms with Gasteiger partial charge in [0.15, 0.2) is 0 Å². The first-order valence-corrected chi connectivity index (χ1v) is 6.77. The van der Waals surface area contributed by atoms with Crippen molar-refractivity contribution in [2.45, 2.75) is 31.2 Å². The lowest BCUT2D eigenvalue weighted by molar-refractivity contribution is 0.1000. The zero-order valence-electron chi connectivity index (χ0n) is 9.80. The molecule has 5 nitrogen and oxygen atoms in total. The Labute approximate surface area is 101 Å². The summed E-state index contributed by atoms with van der Waals surface area (Å²) in [6, 6.07) is 5.40. The third-order valence-electron chi connectivity index (χ3n) is 2.42. The van der Waals surface area contributed by atoms with Crippen molar-refractivity contribution in [1.29, 1.82) is 0 Å². The summed E-state index contributed by atoms with van der Waals surface area (Å²) in [5.41, 5.74) is 5.36. The molecule has 0 saturated carbocycles. The van der Waals surface area contributed by atoms with E-state index in [9.17, 15) is 13.2 Å². The molecule has 3 N–H and O–H groups in total. The van der Waals surface area contributed by atoms with Gasteiger partial charge in [0.2, 0.25) is 15.9 Å². The second kappa shape index (κ2) is 5.29. The minimum Gasteiger partial charge on any atom is -0.366 e. The van der Waals surface area contributed by atoms with Gasteiger partial charge in [-0.15, -0.1) is 0 Å². The molecule has 0 spiro atoms. The van der Waals surface area contributed by atoms with Crippen molar-refractivity contribution in [3.05, 3.63) is 29.8 Å². The van der Waals surface area contributed by atoms with Crippen LogP contribution in [0.3, 0.4) is 0 Å². The zero-order chi connectivity index (χ0) is 13.1. The van der Waals surface area contributed by atoms with E-state index in [1.807, 2.05) is 6.92 Å². The number of hydrogen-bond acceptors (Lipinski definition) is 3. The SMILES string of the molecule is CC[C@@H](C)NS(=O)(=O)c1ccc(C(N)=O)cc1. The van der Waals surface area contributed by atoms with Crippen molar-refractivity contribution in [2.75, 3.05) is 0 Å². The zero-order valence-corrected chi connectivity index (χ0v) is 10.6. The maximum Gasteiger partial charge on any atom is 0.248 e. The molecule has 1 amide bonds. The Hall–Kier alpha value is -1.40. The number of nitrogens with two attached hydrogens (primary N) is 1. The van der Waals surface area contributed by atoms with Crippen molar-refractivity contribution in [1.82, 2.24) is 4.72 Å². The van der Waals surface area contributed by atoms with Crippen LogP contribution in [-0.2, 0) is 10.0 Å². The molecule has 0 radical (unpaired) electrons. The Morgan fingerprint density at radius 2 is 1.88 bits per heavy atom. The van der Waals surface area contributed by atoms with Gasteiger partial charge in [0, 0.05) is 11.6 Å². The Morgan fingerprint density at radius 3 is 2.29 bits per heavy atom. The first-order chi connectivity index (χ1) is 7.86. The molecule has 1 aromatic rings. The third-order valence-corrected chi connectivity index (χ3v) is 4.02. The third kappa shape index (κ3) is 3.54. The largest absolute Gasteiger partial charge is 0.366 e. The van der Waals surface area contributed by atoms with Gasteiger partial charge < -0.3 is 5.73 Å². The van der Waals surface area contributed by atoms with Crippen LogP contribution in [-0.4, -0.2) is 20.4 Å². The van der Waals surface area contributed by atoms with Gasteiger partial charge in [0.05, 0.1) is 4.90 Å². The first kappa shape index (κ1) is 13.7. The maximum atomic E-state index is 11.9. The van der Waals surface area contributed by atoms with E-state index >= 15 is 0 Å². The summed E-state index contributed by atoms with van der Waals surface area (Å²) in [6.45, 7) is 3.68. The lowest BCUT2D eigenvalue weighted by atomic mass is 10.2. The van der Waals surface area contributed by atoms with Crippen LogP contribution in [0.15, 0.2) is 29.2 Å². The van der Waals surface area contributed by atoms with Crippen molar-refractivity contribution < 1.29 is 13.2 Å². The number of rotatable bonds is 5. The van der Waals surface area contributed by atoms with E-state index in [0.717, 1.165) is 0 Å². The smallest absolute Gasteiger partial charge is 0.248 e. The summed E-state index contributed by atoms with van der Waals surface area (Å²) < 4.78 is 26.2. The fourth-order valence-corrected chi connectivity index (χ4v) is 2.54. The fraction of sp³-hybridized carbons (Fsp3) is 0.364. The second-order valence-electron chi connectivity index (χ2n) is 3.82. The van der Waals surface area contributed by atoms with Crippen LogP contribution in [0, 0.1) is 0 Å². The molecule has 0 aliphatic carbocycles. The molecule has 0 heterocycles. The number of carbonyl (C=O) groups is 1. The number of hydrogen-bond donors (Lipinski definition) is 2. The molecule has 1 rings (SSSR count). The molecule has 0 aliphatic rings. The van der Waals surface area contributed by atoms with Gasteiger partial charge in [0.1, 0.15) is 0 Å². The number of amides is 1.